The number of halogens is 1. The minimum Gasteiger partial charge on any atom is -0.493 e. The molecule has 0 aromatic heterocycles. The summed E-state index contributed by atoms with van der Waals surface area (Å²) in [6.07, 6.45) is 0. The van der Waals surface area contributed by atoms with Crippen molar-refractivity contribution in [2.24, 2.45) is 0 Å². The first kappa shape index (κ1) is 18.6. The Balaban J connectivity index is 2.33. The molecule has 7 heteroatoms. The van der Waals surface area contributed by atoms with Gasteiger partial charge in [-0.3, -0.25) is 4.79 Å². The van der Waals surface area contributed by atoms with Crippen molar-refractivity contribution in [2.45, 2.75) is 6.04 Å². The molecular formula is C18H17BrN2O4. The number of hydrogen-bond donors (Lipinski definition) is 1. The Hall–Kier alpha value is -2.72. The Kier molecular flexibility index (Phi) is 6.25. The monoisotopic (exact) mass is 404 g/mol. The number of rotatable bonds is 6. The van der Waals surface area contributed by atoms with Crippen LogP contribution in [0.4, 0.5) is 0 Å². The molecule has 1 N–H and O–H groups in total. The predicted molar refractivity (Wildman–Crippen MR) is 96.1 cm³/mol. The van der Waals surface area contributed by atoms with Gasteiger partial charge in [0.15, 0.2) is 11.5 Å². The second-order valence-corrected chi connectivity index (χ2v) is 5.92. The van der Waals surface area contributed by atoms with Crippen molar-refractivity contribution in [1.82, 2.24) is 5.32 Å². The number of benzene rings is 2. The van der Waals surface area contributed by atoms with Gasteiger partial charge in [-0.05, 0) is 42.0 Å². The third-order valence-corrected chi connectivity index (χ3v) is 4.06. The third kappa shape index (κ3) is 4.22. The molecule has 0 aliphatic rings. The van der Waals surface area contributed by atoms with Crippen LogP contribution in [-0.4, -0.2) is 27.2 Å². The Bertz CT molecular complexity index is 775. The zero-order chi connectivity index (χ0) is 18.4. The summed E-state index contributed by atoms with van der Waals surface area (Å²) in [7, 11) is 4.48. The maximum atomic E-state index is 12.4. The molecule has 1 unspecified atom stereocenters. The summed E-state index contributed by atoms with van der Waals surface area (Å²) in [5.41, 5.74) is 0.985. The van der Waals surface area contributed by atoms with Gasteiger partial charge in [0, 0.05) is 10.0 Å². The number of amides is 1. The van der Waals surface area contributed by atoms with Crippen LogP contribution < -0.4 is 19.5 Å². The van der Waals surface area contributed by atoms with E-state index in [0.717, 1.165) is 4.47 Å². The first-order valence-electron chi connectivity index (χ1n) is 7.30. The van der Waals surface area contributed by atoms with E-state index in [2.05, 4.69) is 27.3 Å². The maximum Gasteiger partial charge on any atom is 0.252 e. The molecule has 6 nitrogen and oxygen atoms in total. The van der Waals surface area contributed by atoms with E-state index in [0.29, 0.717) is 28.4 Å². The zero-order valence-electron chi connectivity index (χ0n) is 14.0. The molecule has 0 aliphatic carbocycles. The summed E-state index contributed by atoms with van der Waals surface area (Å²) >= 11 is 3.32. The summed E-state index contributed by atoms with van der Waals surface area (Å²) in [6.45, 7) is 0. The van der Waals surface area contributed by atoms with E-state index >= 15 is 0 Å². The highest BCUT2D eigenvalue weighted by Gasteiger charge is 2.20. The summed E-state index contributed by atoms with van der Waals surface area (Å²) in [5.74, 6) is 0.891. The van der Waals surface area contributed by atoms with Crippen molar-refractivity contribution in [3.63, 3.8) is 0 Å². The van der Waals surface area contributed by atoms with Crippen LogP contribution in [-0.2, 0) is 0 Å². The normalized spacial score (nSPS) is 11.2. The maximum absolute atomic E-state index is 12.4. The van der Waals surface area contributed by atoms with Crippen LogP contribution in [0.2, 0.25) is 0 Å². The summed E-state index contributed by atoms with van der Waals surface area (Å²) in [6, 6.07) is 11.3. The standard InChI is InChI=1S/C18H17BrN2O4/c1-23-15-8-12(9-16(24-2)17(15)25-3)14(10-20)21-18(22)11-4-6-13(19)7-5-11/h4-9,14H,1-3H3,(H,21,22). The molecule has 0 radical (unpaired) electrons. The van der Waals surface area contributed by atoms with Crippen LogP contribution in [0.3, 0.4) is 0 Å². The van der Waals surface area contributed by atoms with Crippen molar-refractivity contribution in [2.75, 3.05) is 21.3 Å². The number of hydrogen-bond acceptors (Lipinski definition) is 5. The molecule has 2 rings (SSSR count). The minimum absolute atomic E-state index is 0.354. The number of nitrogens with zero attached hydrogens (tertiary/aromatic N) is 1. The Labute approximate surface area is 154 Å². The van der Waals surface area contributed by atoms with Crippen LogP contribution in [0.15, 0.2) is 40.9 Å². The fourth-order valence-electron chi connectivity index (χ4n) is 2.27. The van der Waals surface area contributed by atoms with Crippen LogP contribution in [0.5, 0.6) is 17.2 Å². The van der Waals surface area contributed by atoms with Gasteiger partial charge in [-0.25, -0.2) is 0 Å². The molecule has 1 amide bonds. The smallest absolute Gasteiger partial charge is 0.252 e. The average Bonchev–Trinajstić information content (AvgIpc) is 2.65. The highest BCUT2D eigenvalue weighted by Crippen LogP contribution is 2.39. The fraction of sp³-hybridized carbons (Fsp3) is 0.222. The van der Waals surface area contributed by atoms with Crippen molar-refractivity contribution < 1.29 is 19.0 Å². The average molecular weight is 405 g/mol. The summed E-state index contributed by atoms with van der Waals surface area (Å²) in [5, 5.41) is 12.2. The Morgan fingerprint density at radius 2 is 1.64 bits per heavy atom. The van der Waals surface area contributed by atoms with Crippen LogP contribution in [0, 0.1) is 11.3 Å². The molecule has 0 saturated heterocycles. The van der Waals surface area contributed by atoms with Crippen molar-refractivity contribution in [3.05, 3.63) is 52.0 Å². The number of carbonyl (C=O) groups excluding carboxylic acids is 1. The van der Waals surface area contributed by atoms with E-state index in [1.807, 2.05) is 0 Å². The molecular weight excluding hydrogens is 388 g/mol. The number of nitrogens with one attached hydrogen (secondary N) is 1. The molecule has 0 bridgehead atoms. The number of ether oxygens (including phenoxy) is 3. The zero-order valence-corrected chi connectivity index (χ0v) is 15.6. The lowest BCUT2D eigenvalue weighted by Gasteiger charge is -2.17. The molecule has 1 atom stereocenters. The Morgan fingerprint density at radius 3 is 2.08 bits per heavy atom. The predicted octanol–water partition coefficient (Wildman–Crippen LogP) is 3.47. The van der Waals surface area contributed by atoms with Crippen LogP contribution in [0.25, 0.3) is 0 Å². The molecule has 0 aliphatic heterocycles. The lowest BCUT2D eigenvalue weighted by Crippen LogP contribution is -2.27. The van der Waals surface area contributed by atoms with Gasteiger partial charge in [0.25, 0.3) is 5.91 Å². The highest BCUT2D eigenvalue weighted by atomic mass is 79.9. The van der Waals surface area contributed by atoms with Gasteiger partial charge in [-0.15, -0.1) is 0 Å². The largest absolute Gasteiger partial charge is 0.493 e. The van der Waals surface area contributed by atoms with E-state index in [1.165, 1.54) is 21.3 Å². The van der Waals surface area contributed by atoms with Crippen LogP contribution >= 0.6 is 15.9 Å². The second kappa shape index (κ2) is 8.40. The van der Waals surface area contributed by atoms with Gasteiger partial charge in [0.2, 0.25) is 5.75 Å². The first-order chi connectivity index (χ1) is 12.0. The van der Waals surface area contributed by atoms with Gasteiger partial charge >= 0.3 is 0 Å². The molecule has 25 heavy (non-hydrogen) atoms. The summed E-state index contributed by atoms with van der Waals surface area (Å²) < 4.78 is 16.7. The molecule has 0 fully saturated rings. The third-order valence-electron chi connectivity index (χ3n) is 3.53. The van der Waals surface area contributed by atoms with Crippen molar-refractivity contribution in [1.29, 1.82) is 5.26 Å². The quantitative estimate of drug-likeness (QED) is 0.796. The first-order valence-corrected chi connectivity index (χ1v) is 8.09. The number of methoxy groups -OCH3 is 3. The van der Waals surface area contributed by atoms with E-state index < -0.39 is 6.04 Å². The summed E-state index contributed by atoms with van der Waals surface area (Å²) in [4.78, 5) is 12.4. The number of nitriles is 1. The SMILES string of the molecule is COc1cc(C(C#N)NC(=O)c2ccc(Br)cc2)cc(OC)c1OC. The second-order valence-electron chi connectivity index (χ2n) is 5.00. The molecule has 0 heterocycles. The van der Waals surface area contributed by atoms with Crippen molar-refractivity contribution >= 4 is 21.8 Å². The van der Waals surface area contributed by atoms with Gasteiger partial charge < -0.3 is 19.5 Å². The van der Waals surface area contributed by atoms with E-state index in [1.54, 1.807) is 36.4 Å². The topological polar surface area (TPSA) is 80.6 Å². The van der Waals surface area contributed by atoms with E-state index in [-0.39, 0.29) is 5.91 Å². The lowest BCUT2D eigenvalue weighted by atomic mass is 10.1. The van der Waals surface area contributed by atoms with Gasteiger partial charge in [-0.1, -0.05) is 15.9 Å². The van der Waals surface area contributed by atoms with Gasteiger partial charge in [0.1, 0.15) is 6.04 Å². The van der Waals surface area contributed by atoms with E-state index in [4.69, 9.17) is 14.2 Å². The molecule has 130 valence electrons. The Morgan fingerprint density at radius 1 is 1.08 bits per heavy atom. The van der Waals surface area contributed by atoms with Gasteiger partial charge in [-0.2, -0.15) is 5.26 Å². The minimum atomic E-state index is -0.871. The van der Waals surface area contributed by atoms with Gasteiger partial charge in [0.05, 0.1) is 27.4 Å². The number of carbonyl (C=O) groups is 1. The molecule has 0 saturated carbocycles. The molecule has 2 aromatic rings. The van der Waals surface area contributed by atoms with Crippen LogP contribution in [0.1, 0.15) is 22.0 Å². The molecule has 2 aromatic carbocycles. The lowest BCUT2D eigenvalue weighted by molar-refractivity contribution is 0.0945. The van der Waals surface area contributed by atoms with Crippen molar-refractivity contribution in [3.8, 4) is 23.3 Å². The highest BCUT2D eigenvalue weighted by molar-refractivity contribution is 9.10. The molecule has 0 spiro atoms. The van der Waals surface area contributed by atoms with E-state index in [9.17, 15) is 10.1 Å². The fourth-order valence-corrected chi connectivity index (χ4v) is 2.54.